The number of methoxy groups -OCH3 is 1. The first-order chi connectivity index (χ1) is 8.17. The van der Waals surface area contributed by atoms with Crippen molar-refractivity contribution in [2.75, 3.05) is 26.0 Å². The van der Waals surface area contributed by atoms with Crippen molar-refractivity contribution in [3.63, 3.8) is 0 Å². The van der Waals surface area contributed by atoms with Crippen molar-refractivity contribution in [2.24, 2.45) is 0 Å². The van der Waals surface area contributed by atoms with Crippen LogP contribution < -0.4 is 5.32 Å². The molecule has 1 aromatic rings. The molecule has 2 unspecified atom stereocenters. The Bertz CT molecular complexity index is 367. The average Bonchev–Trinajstić information content (AvgIpc) is 2.29. The molecule has 0 spiro atoms. The standard InChI is InChI=1S/C12H18ClNO2S/c1-3-14-11(8-16-2)9-17(15)12-6-4-5-10(13)7-12/h4-7,11,14H,3,8-9H2,1-2H3. The van der Waals surface area contributed by atoms with E-state index in [0.29, 0.717) is 17.4 Å². The number of benzene rings is 1. The molecule has 0 aliphatic heterocycles. The van der Waals surface area contributed by atoms with Crippen LogP contribution >= 0.6 is 11.6 Å². The van der Waals surface area contributed by atoms with Gasteiger partial charge in [-0.1, -0.05) is 24.6 Å². The maximum Gasteiger partial charge on any atom is 0.0624 e. The second-order valence-corrected chi connectivity index (χ2v) is 5.61. The molecule has 17 heavy (non-hydrogen) atoms. The van der Waals surface area contributed by atoms with Gasteiger partial charge < -0.3 is 10.1 Å². The predicted octanol–water partition coefficient (Wildman–Crippen LogP) is 2.07. The van der Waals surface area contributed by atoms with Crippen molar-refractivity contribution in [1.82, 2.24) is 5.32 Å². The van der Waals surface area contributed by atoms with Gasteiger partial charge in [0, 0.05) is 28.8 Å². The van der Waals surface area contributed by atoms with Gasteiger partial charge in [-0.3, -0.25) is 4.21 Å². The van der Waals surface area contributed by atoms with Crippen molar-refractivity contribution in [1.29, 1.82) is 0 Å². The van der Waals surface area contributed by atoms with Crippen molar-refractivity contribution in [3.05, 3.63) is 29.3 Å². The maximum absolute atomic E-state index is 12.1. The molecule has 0 fully saturated rings. The molecule has 0 heterocycles. The lowest BCUT2D eigenvalue weighted by molar-refractivity contribution is 0.174. The van der Waals surface area contributed by atoms with Crippen molar-refractivity contribution < 1.29 is 8.95 Å². The number of ether oxygens (including phenoxy) is 1. The summed E-state index contributed by atoms with van der Waals surface area (Å²) >= 11 is 5.87. The summed E-state index contributed by atoms with van der Waals surface area (Å²) in [5, 5.41) is 3.86. The Labute approximate surface area is 110 Å². The molecule has 1 N–H and O–H groups in total. The molecule has 0 aromatic heterocycles. The SMILES string of the molecule is CCNC(COC)CS(=O)c1cccc(Cl)c1. The molecular weight excluding hydrogens is 258 g/mol. The first-order valence-corrected chi connectivity index (χ1v) is 7.23. The van der Waals surface area contributed by atoms with Gasteiger partial charge in [-0.25, -0.2) is 0 Å². The predicted molar refractivity (Wildman–Crippen MR) is 72.1 cm³/mol. The Morgan fingerprint density at radius 2 is 2.29 bits per heavy atom. The van der Waals surface area contributed by atoms with Gasteiger partial charge in [-0.05, 0) is 24.7 Å². The molecule has 0 aliphatic rings. The molecule has 0 aliphatic carbocycles. The van der Waals surface area contributed by atoms with E-state index in [1.54, 1.807) is 19.2 Å². The topological polar surface area (TPSA) is 38.3 Å². The van der Waals surface area contributed by atoms with Gasteiger partial charge in [0.25, 0.3) is 0 Å². The first-order valence-electron chi connectivity index (χ1n) is 5.53. The molecule has 2 atom stereocenters. The highest BCUT2D eigenvalue weighted by Crippen LogP contribution is 2.14. The van der Waals surface area contributed by atoms with Gasteiger partial charge in [-0.2, -0.15) is 0 Å². The van der Waals surface area contributed by atoms with E-state index in [0.717, 1.165) is 11.4 Å². The lowest BCUT2D eigenvalue weighted by Gasteiger charge is -2.16. The molecule has 96 valence electrons. The molecule has 0 amide bonds. The van der Waals surface area contributed by atoms with Crippen LogP contribution in [0.5, 0.6) is 0 Å². The third kappa shape index (κ3) is 5.17. The maximum atomic E-state index is 12.1. The van der Waals surface area contributed by atoms with Crippen LogP contribution in [0.3, 0.4) is 0 Å². The number of nitrogens with one attached hydrogen (secondary N) is 1. The summed E-state index contributed by atoms with van der Waals surface area (Å²) in [7, 11) is 0.592. The fraction of sp³-hybridized carbons (Fsp3) is 0.500. The summed E-state index contributed by atoms with van der Waals surface area (Å²) in [5.41, 5.74) is 0. The fourth-order valence-electron chi connectivity index (χ4n) is 1.54. The molecule has 5 heteroatoms. The van der Waals surface area contributed by atoms with Crippen LogP contribution in [0, 0.1) is 0 Å². The number of hydrogen-bond acceptors (Lipinski definition) is 3. The highest BCUT2D eigenvalue weighted by Gasteiger charge is 2.13. The van der Waals surface area contributed by atoms with Gasteiger partial charge >= 0.3 is 0 Å². The number of halogens is 1. The molecule has 1 rings (SSSR count). The zero-order chi connectivity index (χ0) is 12.7. The summed E-state index contributed by atoms with van der Waals surface area (Å²) in [4.78, 5) is 0.761. The van der Waals surface area contributed by atoms with Crippen LogP contribution in [0.4, 0.5) is 0 Å². The molecule has 0 bridgehead atoms. The van der Waals surface area contributed by atoms with E-state index in [1.165, 1.54) is 0 Å². The van der Waals surface area contributed by atoms with Crippen LogP contribution in [0.2, 0.25) is 5.02 Å². The molecule has 0 saturated carbocycles. The number of hydrogen-bond donors (Lipinski definition) is 1. The van der Waals surface area contributed by atoms with Crippen LogP contribution in [-0.2, 0) is 15.5 Å². The monoisotopic (exact) mass is 275 g/mol. The average molecular weight is 276 g/mol. The highest BCUT2D eigenvalue weighted by molar-refractivity contribution is 7.85. The summed E-state index contributed by atoms with van der Waals surface area (Å²) in [6, 6.07) is 7.27. The molecule has 3 nitrogen and oxygen atoms in total. The van der Waals surface area contributed by atoms with Gasteiger partial charge in [0.1, 0.15) is 0 Å². The second kappa shape index (κ2) is 7.82. The third-order valence-electron chi connectivity index (χ3n) is 2.27. The summed E-state index contributed by atoms with van der Waals surface area (Å²) in [6.45, 7) is 3.41. The number of likely N-dealkylation sites (N-methyl/N-ethyl adjacent to an activating group) is 1. The third-order valence-corrected chi connectivity index (χ3v) is 3.99. The summed E-state index contributed by atoms with van der Waals surface area (Å²) in [5.74, 6) is 0.530. The van der Waals surface area contributed by atoms with Crippen molar-refractivity contribution in [2.45, 2.75) is 17.9 Å². The minimum absolute atomic E-state index is 0.102. The van der Waals surface area contributed by atoms with Gasteiger partial charge in [0.2, 0.25) is 0 Å². The van der Waals surface area contributed by atoms with Gasteiger partial charge in [0.15, 0.2) is 0 Å². The molecular formula is C12H18ClNO2S. The van der Waals surface area contributed by atoms with E-state index in [-0.39, 0.29) is 6.04 Å². The van der Waals surface area contributed by atoms with Gasteiger partial charge in [0.05, 0.1) is 17.4 Å². The number of rotatable bonds is 7. The minimum Gasteiger partial charge on any atom is -0.383 e. The second-order valence-electron chi connectivity index (χ2n) is 3.68. The summed E-state index contributed by atoms with van der Waals surface area (Å²) < 4.78 is 17.2. The van der Waals surface area contributed by atoms with E-state index in [4.69, 9.17) is 16.3 Å². The Hall–Kier alpha value is -0.420. The molecule has 0 radical (unpaired) electrons. The van der Waals surface area contributed by atoms with Gasteiger partial charge in [-0.15, -0.1) is 0 Å². The lowest BCUT2D eigenvalue weighted by Crippen LogP contribution is -2.37. The summed E-state index contributed by atoms with van der Waals surface area (Å²) in [6.07, 6.45) is 0. The lowest BCUT2D eigenvalue weighted by atomic mass is 10.3. The van der Waals surface area contributed by atoms with Crippen LogP contribution in [-0.4, -0.2) is 36.3 Å². The van der Waals surface area contributed by atoms with Crippen LogP contribution in [0.25, 0.3) is 0 Å². The Balaban J connectivity index is 2.63. The molecule has 0 saturated heterocycles. The highest BCUT2D eigenvalue weighted by atomic mass is 35.5. The van der Waals surface area contributed by atoms with E-state index in [2.05, 4.69) is 5.32 Å². The van der Waals surface area contributed by atoms with E-state index < -0.39 is 10.8 Å². The van der Waals surface area contributed by atoms with Crippen molar-refractivity contribution in [3.8, 4) is 0 Å². The quantitative estimate of drug-likeness (QED) is 0.828. The van der Waals surface area contributed by atoms with Crippen LogP contribution in [0.1, 0.15) is 6.92 Å². The normalized spacial score (nSPS) is 14.5. The Morgan fingerprint density at radius 3 is 2.88 bits per heavy atom. The van der Waals surface area contributed by atoms with Crippen LogP contribution in [0.15, 0.2) is 29.2 Å². The smallest absolute Gasteiger partial charge is 0.0624 e. The van der Waals surface area contributed by atoms with E-state index >= 15 is 0 Å². The Kier molecular flexibility index (Phi) is 6.73. The largest absolute Gasteiger partial charge is 0.383 e. The molecule has 1 aromatic carbocycles. The zero-order valence-corrected chi connectivity index (χ0v) is 11.7. The van der Waals surface area contributed by atoms with Crippen molar-refractivity contribution >= 4 is 22.4 Å². The minimum atomic E-state index is -1.05. The van der Waals surface area contributed by atoms with E-state index in [9.17, 15) is 4.21 Å². The van der Waals surface area contributed by atoms with E-state index in [1.807, 2.05) is 19.1 Å². The zero-order valence-electron chi connectivity index (χ0n) is 10.1. The Morgan fingerprint density at radius 1 is 1.53 bits per heavy atom. The fourth-order valence-corrected chi connectivity index (χ4v) is 3.06. The first kappa shape index (κ1) is 14.6.